The first kappa shape index (κ1) is 10.5. The fourth-order valence-corrected chi connectivity index (χ4v) is 0. The molecule has 0 aromatic heterocycles. The van der Waals surface area contributed by atoms with Gasteiger partial charge in [-0.3, -0.25) is 4.79 Å². The van der Waals surface area contributed by atoms with Gasteiger partial charge in [0.25, 0.3) is 0 Å². The first-order valence-corrected chi connectivity index (χ1v) is 2.23. The van der Waals surface area contributed by atoms with E-state index < -0.39 is 3.79 Å². The topological polar surface area (TPSA) is 17.1 Å². The first-order chi connectivity index (χ1) is 2.56. The highest BCUT2D eigenvalue weighted by Gasteiger charge is 2.16. The summed E-state index contributed by atoms with van der Waals surface area (Å²) in [4.78, 5) is 9.43. The molecule has 0 heterocycles. The van der Waals surface area contributed by atoms with Gasteiger partial charge in [-0.2, -0.15) is 0 Å². The molecule has 0 N–H and O–H groups in total. The summed E-state index contributed by atoms with van der Waals surface area (Å²) in [6, 6.07) is 0. The van der Waals surface area contributed by atoms with Crippen LogP contribution in [0, 0.1) is 7.43 Å². The average molecular weight is 159 g/mol. The lowest BCUT2D eigenvalue weighted by molar-refractivity contribution is -0.107. The van der Waals surface area contributed by atoms with Crippen LogP contribution in [-0.4, -0.2) is 10.1 Å². The van der Waals surface area contributed by atoms with Gasteiger partial charge in [0.1, 0.15) is 0 Å². The predicted molar refractivity (Wildman–Crippen MR) is 29.6 cm³/mol. The van der Waals surface area contributed by atoms with E-state index in [2.05, 4.69) is 0 Å². The van der Waals surface area contributed by atoms with E-state index in [9.17, 15) is 4.79 Å². The molecule has 0 amide bonds. The van der Waals surface area contributed by atoms with Crippen LogP contribution in [0.3, 0.4) is 0 Å². The standard InChI is InChI=1S/C2HCl3O.C/c3-2(4,5)1-6;/h1H;. The summed E-state index contributed by atoms with van der Waals surface area (Å²) in [5.41, 5.74) is 0. The molecule has 4 radical (unpaired) electrons. The lowest BCUT2D eigenvalue weighted by Gasteiger charge is -1.93. The molecule has 0 aromatic rings. The van der Waals surface area contributed by atoms with Crippen LogP contribution in [0.5, 0.6) is 0 Å². The highest BCUT2D eigenvalue weighted by Crippen LogP contribution is 2.21. The van der Waals surface area contributed by atoms with Crippen LogP contribution in [0.1, 0.15) is 0 Å². The zero-order valence-electron chi connectivity index (χ0n) is 3.12. The number of halogens is 3. The summed E-state index contributed by atoms with van der Waals surface area (Å²) >= 11 is 14.6. The molecule has 0 rings (SSSR count). The first-order valence-electron chi connectivity index (χ1n) is 1.09. The van der Waals surface area contributed by atoms with Crippen LogP contribution >= 0.6 is 34.8 Å². The molecule has 0 spiro atoms. The Morgan fingerprint density at radius 1 is 1.29 bits per heavy atom. The zero-order chi connectivity index (χ0) is 5.21. The van der Waals surface area contributed by atoms with Gasteiger partial charge in [0.05, 0.1) is 0 Å². The lowest BCUT2D eigenvalue weighted by atomic mass is 10.9. The SMILES string of the molecule is O=CC(Cl)(Cl)Cl.[C]. The van der Waals surface area contributed by atoms with Crippen molar-refractivity contribution >= 4 is 41.1 Å². The molecule has 0 saturated heterocycles. The number of alkyl halides is 3. The molecule has 0 aliphatic rings. The van der Waals surface area contributed by atoms with Crippen LogP contribution in [0.25, 0.3) is 0 Å². The van der Waals surface area contributed by atoms with Gasteiger partial charge in [-0.05, 0) is 0 Å². The summed E-state index contributed by atoms with van der Waals surface area (Å²) in [7, 11) is 0. The number of carbonyl (C=O) groups is 1. The maximum Gasteiger partial charge on any atom is 0.245 e. The molecule has 0 fully saturated rings. The van der Waals surface area contributed by atoms with Crippen molar-refractivity contribution in [3.63, 3.8) is 0 Å². The van der Waals surface area contributed by atoms with E-state index in [1.54, 1.807) is 0 Å². The predicted octanol–water partition coefficient (Wildman–Crippen LogP) is 1.64. The summed E-state index contributed by atoms with van der Waals surface area (Å²) in [5.74, 6) is 0. The van der Waals surface area contributed by atoms with Crippen molar-refractivity contribution < 1.29 is 4.79 Å². The van der Waals surface area contributed by atoms with Gasteiger partial charge in [0.2, 0.25) is 3.79 Å². The van der Waals surface area contributed by atoms with Crippen LogP contribution in [0.4, 0.5) is 0 Å². The molecule has 0 unspecified atom stereocenters. The molecular weight excluding hydrogens is 158 g/mol. The highest BCUT2D eigenvalue weighted by molar-refractivity contribution is 6.74. The second kappa shape index (κ2) is 3.53. The smallest absolute Gasteiger partial charge is 0.245 e. The molecule has 40 valence electrons. The quantitative estimate of drug-likeness (QED) is 0.388. The van der Waals surface area contributed by atoms with Gasteiger partial charge in [0, 0.05) is 7.43 Å². The highest BCUT2D eigenvalue weighted by atomic mass is 35.6. The van der Waals surface area contributed by atoms with Crippen molar-refractivity contribution in [3.8, 4) is 0 Å². The third kappa shape index (κ3) is 10.8. The van der Waals surface area contributed by atoms with Crippen LogP contribution < -0.4 is 0 Å². The Labute approximate surface area is 57.5 Å². The van der Waals surface area contributed by atoms with Gasteiger partial charge in [-0.1, -0.05) is 34.8 Å². The maximum atomic E-state index is 9.43. The average Bonchev–Trinajstić information content (AvgIpc) is 1.35. The maximum absolute atomic E-state index is 9.43. The molecule has 0 bridgehead atoms. The van der Waals surface area contributed by atoms with Gasteiger partial charge in [0.15, 0.2) is 6.29 Å². The Morgan fingerprint density at radius 3 is 1.43 bits per heavy atom. The lowest BCUT2D eigenvalue weighted by Crippen LogP contribution is -2.00. The van der Waals surface area contributed by atoms with Crippen LogP contribution in [0.2, 0.25) is 0 Å². The zero-order valence-corrected chi connectivity index (χ0v) is 5.39. The Bertz CT molecular complexity index is 55.7. The van der Waals surface area contributed by atoms with E-state index >= 15 is 0 Å². The monoisotopic (exact) mass is 158 g/mol. The third-order valence-electron chi connectivity index (χ3n) is 0.134. The molecule has 0 aliphatic heterocycles. The number of hydrogen-bond donors (Lipinski definition) is 0. The largest absolute Gasteiger partial charge is 0.299 e. The Hall–Kier alpha value is 0.540. The van der Waals surface area contributed by atoms with Crippen LogP contribution in [0.15, 0.2) is 0 Å². The molecule has 0 atom stereocenters. The minimum absolute atomic E-state index is 0. The Kier molecular flexibility index (Phi) is 5.30. The number of aldehydes is 1. The second-order valence-corrected chi connectivity index (χ2v) is 3.03. The number of hydrogen-bond acceptors (Lipinski definition) is 1. The molecule has 0 aliphatic carbocycles. The molecule has 0 saturated carbocycles. The van der Waals surface area contributed by atoms with Crippen molar-refractivity contribution in [1.82, 2.24) is 0 Å². The minimum Gasteiger partial charge on any atom is -0.299 e. The van der Waals surface area contributed by atoms with E-state index in [1.165, 1.54) is 0 Å². The van der Waals surface area contributed by atoms with Crippen LogP contribution in [-0.2, 0) is 4.79 Å². The van der Waals surface area contributed by atoms with Crippen molar-refractivity contribution in [2.75, 3.05) is 0 Å². The van der Waals surface area contributed by atoms with E-state index in [-0.39, 0.29) is 13.7 Å². The van der Waals surface area contributed by atoms with Gasteiger partial charge in [-0.25, -0.2) is 0 Å². The summed E-state index contributed by atoms with van der Waals surface area (Å²) < 4.78 is -1.72. The molecule has 0 aromatic carbocycles. The van der Waals surface area contributed by atoms with E-state index in [0.29, 0.717) is 0 Å². The Balaban J connectivity index is 0. The number of carbonyl (C=O) groups excluding carboxylic acids is 1. The summed E-state index contributed by atoms with van der Waals surface area (Å²) in [6.07, 6.45) is 0.234. The van der Waals surface area contributed by atoms with Crippen molar-refractivity contribution in [1.29, 1.82) is 0 Å². The Morgan fingerprint density at radius 2 is 1.43 bits per heavy atom. The molecule has 7 heavy (non-hydrogen) atoms. The molecular formula is C3HCl3O. The number of rotatable bonds is 0. The minimum atomic E-state index is -1.72. The van der Waals surface area contributed by atoms with Gasteiger partial charge >= 0.3 is 0 Å². The van der Waals surface area contributed by atoms with Gasteiger partial charge < -0.3 is 0 Å². The van der Waals surface area contributed by atoms with Gasteiger partial charge in [-0.15, -0.1) is 0 Å². The summed E-state index contributed by atoms with van der Waals surface area (Å²) in [5, 5.41) is 0. The normalized spacial score (nSPS) is 9.57. The van der Waals surface area contributed by atoms with E-state index in [0.717, 1.165) is 0 Å². The summed E-state index contributed by atoms with van der Waals surface area (Å²) in [6.45, 7) is 0. The fourth-order valence-electron chi connectivity index (χ4n) is 0. The fraction of sp³-hybridized carbons (Fsp3) is 0.333. The van der Waals surface area contributed by atoms with Crippen molar-refractivity contribution in [3.05, 3.63) is 7.43 Å². The third-order valence-corrected chi connectivity index (χ3v) is 0.401. The second-order valence-electron chi connectivity index (χ2n) is 0.659. The van der Waals surface area contributed by atoms with E-state index in [1.807, 2.05) is 0 Å². The molecule has 4 heteroatoms. The van der Waals surface area contributed by atoms with E-state index in [4.69, 9.17) is 34.8 Å². The van der Waals surface area contributed by atoms with Crippen molar-refractivity contribution in [2.45, 2.75) is 3.79 Å². The van der Waals surface area contributed by atoms with Crippen molar-refractivity contribution in [2.24, 2.45) is 0 Å². The molecule has 1 nitrogen and oxygen atoms in total.